The van der Waals surface area contributed by atoms with Gasteiger partial charge in [-0.15, -0.1) is 11.3 Å². The molecule has 0 radical (unpaired) electrons. The van der Waals surface area contributed by atoms with Crippen LogP contribution < -0.4 is 10.5 Å². The Morgan fingerprint density at radius 1 is 1.32 bits per heavy atom. The highest BCUT2D eigenvalue weighted by Gasteiger charge is 2.18. The molecule has 25 heavy (non-hydrogen) atoms. The van der Waals surface area contributed by atoms with Crippen molar-refractivity contribution < 1.29 is 18.6 Å². The Kier molecular flexibility index (Phi) is 5.12. The molecule has 0 aliphatic rings. The van der Waals surface area contributed by atoms with Crippen LogP contribution in [0.2, 0.25) is 5.02 Å². The van der Waals surface area contributed by atoms with Crippen molar-refractivity contribution in [3.63, 3.8) is 0 Å². The summed E-state index contributed by atoms with van der Waals surface area (Å²) in [5.41, 5.74) is 5.66. The number of rotatable bonds is 5. The molecule has 3 rings (SSSR count). The Morgan fingerprint density at radius 2 is 2.12 bits per heavy atom. The fourth-order valence-corrected chi connectivity index (χ4v) is 3.21. The highest BCUT2D eigenvalue weighted by molar-refractivity contribution is 7.18. The number of fused-ring (bicyclic) bond motifs is 1. The number of nitrogens with two attached hydrogens (primary N) is 1. The number of aromatic nitrogens is 1. The molecule has 0 aliphatic carbocycles. The molecule has 5 nitrogen and oxygen atoms in total. The van der Waals surface area contributed by atoms with Crippen molar-refractivity contribution in [3.8, 4) is 5.75 Å². The van der Waals surface area contributed by atoms with Crippen LogP contribution in [0.3, 0.4) is 0 Å². The van der Waals surface area contributed by atoms with E-state index in [2.05, 4.69) is 9.98 Å². The predicted molar refractivity (Wildman–Crippen MR) is 93.1 cm³/mol. The standard InChI is InChI=1S/C16H12ClF2N3O2S/c17-8-1-4-12-10(5-8)22-13(25-12)6-24-11-3-2-9(18)14(15(11)19)16(20)21-7-23/h1-5,23H,6-7H2,(H2,20,21). The zero-order chi connectivity index (χ0) is 18.0. The van der Waals surface area contributed by atoms with Gasteiger partial charge in [0.25, 0.3) is 0 Å². The number of aliphatic hydroxyl groups excluding tert-OH is 1. The highest BCUT2D eigenvalue weighted by atomic mass is 35.5. The number of aliphatic imine (C=N–C) groups is 1. The number of thiazole rings is 1. The van der Waals surface area contributed by atoms with Gasteiger partial charge < -0.3 is 15.6 Å². The van der Waals surface area contributed by atoms with Crippen LogP contribution in [-0.2, 0) is 6.61 Å². The predicted octanol–water partition coefficient (Wildman–Crippen LogP) is 3.46. The average Bonchev–Trinajstić information content (AvgIpc) is 2.96. The molecule has 3 aromatic rings. The summed E-state index contributed by atoms with van der Waals surface area (Å²) < 4.78 is 34.5. The van der Waals surface area contributed by atoms with Crippen LogP contribution in [0.5, 0.6) is 5.75 Å². The summed E-state index contributed by atoms with van der Waals surface area (Å²) in [5.74, 6) is -2.52. The van der Waals surface area contributed by atoms with Gasteiger partial charge in [-0.25, -0.2) is 18.8 Å². The number of hydrogen-bond donors (Lipinski definition) is 2. The molecule has 0 saturated carbocycles. The number of benzene rings is 2. The van der Waals surface area contributed by atoms with Crippen molar-refractivity contribution in [1.82, 2.24) is 4.98 Å². The number of ether oxygens (including phenoxy) is 1. The molecule has 0 unspecified atom stereocenters. The van der Waals surface area contributed by atoms with Gasteiger partial charge in [-0.2, -0.15) is 0 Å². The van der Waals surface area contributed by atoms with E-state index >= 15 is 0 Å². The van der Waals surface area contributed by atoms with E-state index in [1.165, 1.54) is 11.3 Å². The lowest BCUT2D eigenvalue weighted by molar-refractivity contribution is 0.288. The molecule has 3 N–H and O–H groups in total. The summed E-state index contributed by atoms with van der Waals surface area (Å²) in [7, 11) is 0. The minimum absolute atomic E-state index is 0.00396. The van der Waals surface area contributed by atoms with Crippen LogP contribution in [0.15, 0.2) is 35.3 Å². The first-order valence-electron chi connectivity index (χ1n) is 7.06. The summed E-state index contributed by atoms with van der Waals surface area (Å²) in [6.07, 6.45) is 0. The summed E-state index contributed by atoms with van der Waals surface area (Å²) in [6, 6.07) is 7.49. The molecule has 0 fully saturated rings. The summed E-state index contributed by atoms with van der Waals surface area (Å²) in [5, 5.41) is 9.91. The van der Waals surface area contributed by atoms with E-state index in [0.717, 1.165) is 22.3 Å². The Labute approximate surface area is 150 Å². The second-order valence-electron chi connectivity index (χ2n) is 4.93. The minimum atomic E-state index is -0.987. The molecule has 2 aromatic carbocycles. The van der Waals surface area contributed by atoms with Gasteiger partial charge in [0, 0.05) is 5.02 Å². The Balaban J connectivity index is 1.85. The van der Waals surface area contributed by atoms with E-state index in [-0.39, 0.29) is 12.4 Å². The van der Waals surface area contributed by atoms with E-state index in [9.17, 15) is 8.78 Å². The first-order valence-corrected chi connectivity index (χ1v) is 8.26. The topological polar surface area (TPSA) is 80.7 Å². The highest BCUT2D eigenvalue weighted by Crippen LogP contribution is 2.28. The molecule has 0 aliphatic heterocycles. The summed E-state index contributed by atoms with van der Waals surface area (Å²) >= 11 is 7.30. The smallest absolute Gasteiger partial charge is 0.178 e. The van der Waals surface area contributed by atoms with E-state index in [4.69, 9.17) is 27.2 Å². The fraction of sp³-hybridized carbons (Fsp3) is 0.125. The van der Waals surface area contributed by atoms with Gasteiger partial charge in [0.05, 0.1) is 15.8 Å². The van der Waals surface area contributed by atoms with Gasteiger partial charge in [0.15, 0.2) is 11.6 Å². The monoisotopic (exact) mass is 383 g/mol. The van der Waals surface area contributed by atoms with Crippen molar-refractivity contribution in [2.24, 2.45) is 10.7 Å². The Bertz CT molecular complexity index is 962. The molecule has 130 valence electrons. The molecule has 0 atom stereocenters. The van der Waals surface area contributed by atoms with Gasteiger partial charge in [-0.05, 0) is 30.3 Å². The van der Waals surface area contributed by atoms with Crippen molar-refractivity contribution in [2.45, 2.75) is 6.61 Å². The van der Waals surface area contributed by atoms with Crippen LogP contribution in [0, 0.1) is 11.6 Å². The van der Waals surface area contributed by atoms with Gasteiger partial charge >= 0.3 is 0 Å². The van der Waals surface area contributed by atoms with E-state index in [1.54, 1.807) is 12.1 Å². The van der Waals surface area contributed by atoms with Crippen molar-refractivity contribution in [2.75, 3.05) is 6.73 Å². The quantitative estimate of drug-likeness (QED) is 0.522. The largest absolute Gasteiger partial charge is 0.483 e. The molecule has 0 saturated heterocycles. The maximum atomic E-state index is 14.4. The van der Waals surface area contributed by atoms with E-state index in [0.29, 0.717) is 10.0 Å². The molecule has 0 bridgehead atoms. The second-order valence-corrected chi connectivity index (χ2v) is 6.48. The van der Waals surface area contributed by atoms with Crippen molar-refractivity contribution in [3.05, 3.63) is 57.6 Å². The van der Waals surface area contributed by atoms with E-state index < -0.39 is 29.8 Å². The zero-order valence-electron chi connectivity index (χ0n) is 12.7. The second kappa shape index (κ2) is 7.30. The maximum absolute atomic E-state index is 14.4. The summed E-state index contributed by atoms with van der Waals surface area (Å²) in [6.45, 7) is -0.680. The lowest BCUT2D eigenvalue weighted by Crippen LogP contribution is -2.18. The Hall–Kier alpha value is -2.29. The van der Waals surface area contributed by atoms with Gasteiger partial charge in [0.2, 0.25) is 0 Å². The van der Waals surface area contributed by atoms with Crippen LogP contribution in [0.4, 0.5) is 8.78 Å². The summed E-state index contributed by atoms with van der Waals surface area (Å²) in [4.78, 5) is 7.76. The number of halogens is 3. The van der Waals surface area contributed by atoms with Gasteiger partial charge in [-0.1, -0.05) is 11.6 Å². The number of nitrogens with zero attached hydrogens (tertiary/aromatic N) is 2. The average molecular weight is 384 g/mol. The number of aliphatic hydroxyl groups is 1. The minimum Gasteiger partial charge on any atom is -0.483 e. The molecule has 9 heteroatoms. The molecular weight excluding hydrogens is 372 g/mol. The third-order valence-corrected chi connectivity index (χ3v) is 4.54. The first kappa shape index (κ1) is 17.5. The lowest BCUT2D eigenvalue weighted by Gasteiger charge is -2.10. The number of hydrogen-bond acceptors (Lipinski definition) is 5. The normalized spacial score (nSPS) is 11.9. The molecular formula is C16H12ClF2N3O2S. The van der Waals surface area contributed by atoms with Crippen LogP contribution in [0.1, 0.15) is 10.6 Å². The number of amidine groups is 1. The molecule has 0 spiro atoms. The van der Waals surface area contributed by atoms with E-state index in [1.807, 2.05) is 6.07 Å². The zero-order valence-corrected chi connectivity index (χ0v) is 14.2. The van der Waals surface area contributed by atoms with Crippen LogP contribution in [-0.4, -0.2) is 22.7 Å². The third kappa shape index (κ3) is 3.71. The molecule has 0 amide bonds. The lowest BCUT2D eigenvalue weighted by atomic mass is 10.1. The first-order chi connectivity index (χ1) is 12.0. The third-order valence-electron chi connectivity index (χ3n) is 3.30. The Morgan fingerprint density at radius 3 is 2.88 bits per heavy atom. The molecule has 1 heterocycles. The fourth-order valence-electron chi connectivity index (χ4n) is 2.18. The molecule has 1 aromatic heterocycles. The SMILES string of the molecule is NC(=NCO)c1c(F)ccc(OCc2nc3cc(Cl)ccc3s2)c1F. The van der Waals surface area contributed by atoms with Crippen molar-refractivity contribution in [1.29, 1.82) is 0 Å². The van der Waals surface area contributed by atoms with Crippen LogP contribution in [0.25, 0.3) is 10.2 Å². The van der Waals surface area contributed by atoms with Gasteiger partial charge in [0.1, 0.15) is 30.0 Å². The van der Waals surface area contributed by atoms with Crippen LogP contribution >= 0.6 is 22.9 Å². The maximum Gasteiger partial charge on any atom is 0.178 e. The van der Waals surface area contributed by atoms with Gasteiger partial charge in [-0.3, -0.25) is 0 Å². The van der Waals surface area contributed by atoms with Crippen molar-refractivity contribution >= 4 is 39.0 Å².